The van der Waals surface area contributed by atoms with E-state index in [1.807, 2.05) is 49.6 Å². The number of nitrogens with one attached hydrogen (secondary N) is 2. The van der Waals surface area contributed by atoms with Crippen LogP contribution in [0.15, 0.2) is 35.7 Å². The van der Waals surface area contributed by atoms with Crippen LogP contribution in [0.25, 0.3) is 0 Å². The number of ether oxygens (including phenoxy) is 1. The summed E-state index contributed by atoms with van der Waals surface area (Å²) >= 11 is 1.57. The third-order valence-corrected chi connectivity index (χ3v) is 6.81. The summed E-state index contributed by atoms with van der Waals surface area (Å²) in [4.78, 5) is 55.5. The van der Waals surface area contributed by atoms with Gasteiger partial charge in [0.1, 0.15) is 6.61 Å². The highest BCUT2D eigenvalue weighted by Crippen LogP contribution is 2.21. The molecule has 2 heterocycles. The highest BCUT2D eigenvalue weighted by Gasteiger charge is 2.31. The molecule has 2 atom stereocenters. The van der Waals surface area contributed by atoms with Crippen molar-refractivity contribution in [2.75, 3.05) is 6.54 Å². The highest BCUT2D eigenvalue weighted by molar-refractivity contribution is 7.09. The number of alkyl carbamates (subject to hydrolysis) is 1. The lowest BCUT2D eigenvalue weighted by molar-refractivity contribution is -0.141. The van der Waals surface area contributed by atoms with Gasteiger partial charge in [0, 0.05) is 30.7 Å². The molecule has 35 heavy (non-hydrogen) atoms. The average Bonchev–Trinajstić information content (AvgIpc) is 3.28. The van der Waals surface area contributed by atoms with Gasteiger partial charge in [-0.25, -0.2) is 9.78 Å². The van der Waals surface area contributed by atoms with Crippen molar-refractivity contribution in [3.05, 3.63) is 52.0 Å². The number of aromatic nitrogens is 1. The molecule has 0 aliphatic carbocycles. The van der Waals surface area contributed by atoms with E-state index in [2.05, 4.69) is 15.6 Å². The molecule has 188 valence electrons. The number of hydrogen-bond donors (Lipinski definition) is 2. The second-order valence-electron chi connectivity index (χ2n) is 9.25. The molecule has 1 aliphatic rings. The number of amides is 2. The van der Waals surface area contributed by atoms with Crippen molar-refractivity contribution in [2.24, 2.45) is 11.8 Å². The summed E-state index contributed by atoms with van der Waals surface area (Å²) in [5.41, 5.74) is 1.75. The first-order chi connectivity index (χ1) is 16.8. The fourth-order valence-electron chi connectivity index (χ4n) is 4.02. The Morgan fingerprint density at radius 3 is 2.71 bits per heavy atom. The highest BCUT2D eigenvalue weighted by atomic mass is 32.1. The zero-order valence-electron chi connectivity index (χ0n) is 20.2. The van der Waals surface area contributed by atoms with E-state index in [-0.39, 0.29) is 24.7 Å². The first kappa shape index (κ1) is 26.5. The Kier molecular flexibility index (Phi) is 9.96. The molecule has 2 bridgehead atoms. The van der Waals surface area contributed by atoms with Crippen LogP contribution < -0.4 is 10.6 Å². The summed E-state index contributed by atoms with van der Waals surface area (Å²) in [7, 11) is 0. The van der Waals surface area contributed by atoms with Gasteiger partial charge in [-0.1, -0.05) is 44.2 Å². The van der Waals surface area contributed by atoms with Crippen LogP contribution in [0.1, 0.15) is 55.8 Å². The SMILES string of the molecule is CC(C)CC(NC(=O)OCc1ccccc1)C(=O)CC1CCCc2nc(cs2)CCNC(=O)C1=O. The Morgan fingerprint density at radius 2 is 1.97 bits per heavy atom. The van der Waals surface area contributed by atoms with Gasteiger partial charge in [-0.05, 0) is 37.2 Å². The Labute approximate surface area is 209 Å². The van der Waals surface area contributed by atoms with Crippen LogP contribution in [0.4, 0.5) is 4.79 Å². The van der Waals surface area contributed by atoms with Crippen LogP contribution in [0, 0.1) is 11.8 Å². The number of fused-ring (bicyclic) bond motifs is 2. The molecule has 0 radical (unpaired) electrons. The average molecular weight is 500 g/mol. The first-order valence-electron chi connectivity index (χ1n) is 12.1. The predicted octanol–water partition coefficient (Wildman–Crippen LogP) is 3.62. The minimum absolute atomic E-state index is 0.0923. The van der Waals surface area contributed by atoms with Crippen LogP contribution in [-0.2, 0) is 38.6 Å². The summed E-state index contributed by atoms with van der Waals surface area (Å²) in [6.07, 6.45) is 1.93. The number of carbonyl (C=O) groups is 4. The van der Waals surface area contributed by atoms with Crippen molar-refractivity contribution in [1.82, 2.24) is 15.6 Å². The summed E-state index contributed by atoms with van der Waals surface area (Å²) < 4.78 is 5.29. The smallest absolute Gasteiger partial charge is 0.408 e. The van der Waals surface area contributed by atoms with Gasteiger partial charge >= 0.3 is 6.09 Å². The molecule has 2 unspecified atom stereocenters. The monoisotopic (exact) mass is 499 g/mol. The molecule has 0 spiro atoms. The van der Waals surface area contributed by atoms with Gasteiger partial charge in [0.15, 0.2) is 5.78 Å². The van der Waals surface area contributed by atoms with E-state index in [0.29, 0.717) is 38.6 Å². The van der Waals surface area contributed by atoms with Gasteiger partial charge in [-0.15, -0.1) is 11.3 Å². The zero-order chi connectivity index (χ0) is 25.2. The number of Topliss-reactive ketones (excluding diaryl/α,β-unsaturated/α-hetero) is 2. The Bertz CT molecular complexity index is 1020. The molecule has 0 fully saturated rings. The van der Waals surface area contributed by atoms with Crippen molar-refractivity contribution < 1.29 is 23.9 Å². The van der Waals surface area contributed by atoms with E-state index >= 15 is 0 Å². The maximum absolute atomic E-state index is 13.2. The molecule has 8 nitrogen and oxygen atoms in total. The van der Waals surface area contributed by atoms with Gasteiger partial charge in [-0.2, -0.15) is 0 Å². The quantitative estimate of drug-likeness (QED) is 0.536. The van der Waals surface area contributed by atoms with Crippen molar-refractivity contribution in [3.8, 4) is 0 Å². The number of thiazole rings is 1. The summed E-state index contributed by atoms with van der Waals surface area (Å²) in [5.74, 6) is -2.13. The van der Waals surface area contributed by atoms with E-state index in [9.17, 15) is 19.2 Å². The molecule has 3 rings (SSSR count). The van der Waals surface area contributed by atoms with E-state index in [1.165, 1.54) is 0 Å². The van der Waals surface area contributed by atoms with Gasteiger partial charge < -0.3 is 15.4 Å². The second kappa shape index (κ2) is 13.1. The Balaban J connectivity index is 1.63. The predicted molar refractivity (Wildman–Crippen MR) is 133 cm³/mol. The molecule has 1 aromatic heterocycles. The van der Waals surface area contributed by atoms with E-state index in [4.69, 9.17) is 4.74 Å². The van der Waals surface area contributed by atoms with Crippen molar-refractivity contribution in [1.29, 1.82) is 0 Å². The maximum Gasteiger partial charge on any atom is 0.408 e. The number of carbonyl (C=O) groups excluding carboxylic acids is 4. The second-order valence-corrected chi connectivity index (χ2v) is 10.2. The number of nitrogens with zero attached hydrogens (tertiary/aromatic N) is 1. The van der Waals surface area contributed by atoms with E-state index in [1.54, 1.807) is 11.3 Å². The zero-order valence-corrected chi connectivity index (χ0v) is 21.1. The third-order valence-electron chi connectivity index (χ3n) is 5.85. The number of ketones is 2. The largest absolute Gasteiger partial charge is 0.445 e. The topological polar surface area (TPSA) is 114 Å². The van der Waals surface area contributed by atoms with Gasteiger partial charge in [-0.3, -0.25) is 14.4 Å². The van der Waals surface area contributed by atoms with Crippen molar-refractivity contribution >= 4 is 34.9 Å². The van der Waals surface area contributed by atoms with E-state index < -0.39 is 29.7 Å². The van der Waals surface area contributed by atoms with Gasteiger partial charge in [0.25, 0.3) is 5.91 Å². The lowest BCUT2D eigenvalue weighted by Gasteiger charge is -2.22. The summed E-state index contributed by atoms with van der Waals surface area (Å²) in [6, 6.07) is 8.47. The standard InChI is InChI=1S/C26H33N3O5S/c1-17(2)13-21(29-26(33)34-15-18-7-4-3-5-8-18)22(30)14-19-9-6-10-23-28-20(16-35-23)11-12-27-25(32)24(19)31/h3-5,7-8,16-17,19,21H,6,9-15H2,1-2H3,(H,27,32)(H,29,33). The molecule has 0 saturated carbocycles. The first-order valence-corrected chi connectivity index (χ1v) is 12.9. The summed E-state index contributed by atoms with van der Waals surface area (Å²) in [5, 5.41) is 8.29. The minimum Gasteiger partial charge on any atom is -0.445 e. The third kappa shape index (κ3) is 8.58. The summed E-state index contributed by atoms with van der Waals surface area (Å²) in [6.45, 7) is 4.32. The lowest BCUT2D eigenvalue weighted by atomic mass is 9.87. The maximum atomic E-state index is 13.2. The molecule has 0 saturated heterocycles. The molecule has 2 aromatic rings. The number of aryl methyl sites for hydroxylation is 1. The molecule has 9 heteroatoms. The lowest BCUT2D eigenvalue weighted by Crippen LogP contribution is -2.44. The number of benzene rings is 1. The molecular weight excluding hydrogens is 466 g/mol. The van der Waals surface area contributed by atoms with Crippen molar-refractivity contribution in [2.45, 2.75) is 65.0 Å². The number of rotatable bonds is 8. The van der Waals surface area contributed by atoms with E-state index in [0.717, 1.165) is 16.3 Å². The molecule has 1 aromatic carbocycles. The Hall–Kier alpha value is -3.07. The number of hydrogen-bond acceptors (Lipinski definition) is 7. The molecule has 2 N–H and O–H groups in total. The molecule has 2 amide bonds. The fraction of sp³-hybridized carbons (Fsp3) is 0.500. The Morgan fingerprint density at radius 1 is 1.20 bits per heavy atom. The van der Waals surface area contributed by atoms with Gasteiger partial charge in [0.05, 0.1) is 16.7 Å². The van der Waals surface area contributed by atoms with Crippen LogP contribution in [0.3, 0.4) is 0 Å². The van der Waals surface area contributed by atoms with Crippen LogP contribution in [-0.4, -0.2) is 41.1 Å². The van der Waals surface area contributed by atoms with Gasteiger partial charge in [0.2, 0.25) is 5.78 Å². The van der Waals surface area contributed by atoms with Crippen molar-refractivity contribution in [3.63, 3.8) is 0 Å². The molecular formula is C26H33N3O5S. The minimum atomic E-state index is -0.794. The van der Waals surface area contributed by atoms with Crippen LogP contribution in [0.2, 0.25) is 0 Å². The molecule has 1 aliphatic heterocycles. The van der Waals surface area contributed by atoms with Crippen LogP contribution >= 0.6 is 11.3 Å². The van der Waals surface area contributed by atoms with Crippen LogP contribution in [0.5, 0.6) is 0 Å². The normalized spacial score (nSPS) is 17.6. The fourth-order valence-corrected chi connectivity index (χ4v) is 4.89.